The molecule has 1 N–H and O–H groups in total. The second-order valence-electron chi connectivity index (χ2n) is 4.31. The minimum atomic E-state index is -0.511. The Hall–Kier alpha value is -1.91. The molecule has 1 aromatic rings. The van der Waals surface area contributed by atoms with Crippen LogP contribution in [0.1, 0.15) is 31.1 Å². The Morgan fingerprint density at radius 1 is 1.35 bits per heavy atom. The van der Waals surface area contributed by atoms with Gasteiger partial charge in [0.1, 0.15) is 0 Å². The molecule has 1 aromatic carbocycles. The number of nitro benzene ring substituents is 1. The fraction of sp³-hybridized carbons (Fsp3) is 0.417. The highest BCUT2D eigenvalue weighted by Crippen LogP contribution is 2.13. The number of hydrogen-bond donors (Lipinski definition) is 1. The molecule has 5 heteroatoms. The number of hydrogen-bond acceptors (Lipinski definition) is 3. The molecule has 0 aliphatic rings. The van der Waals surface area contributed by atoms with E-state index in [0.717, 1.165) is 0 Å². The van der Waals surface area contributed by atoms with Gasteiger partial charge in [-0.2, -0.15) is 0 Å². The Kier molecular flexibility index (Phi) is 4.20. The normalized spacial score (nSPS) is 12.2. The van der Waals surface area contributed by atoms with Gasteiger partial charge in [0.25, 0.3) is 11.6 Å². The lowest BCUT2D eigenvalue weighted by atomic mass is 10.1. The molecule has 0 radical (unpaired) electrons. The first-order valence-electron chi connectivity index (χ1n) is 5.47. The van der Waals surface area contributed by atoms with Gasteiger partial charge in [-0.25, -0.2) is 0 Å². The van der Waals surface area contributed by atoms with E-state index in [1.54, 1.807) is 6.07 Å². The number of nitrogens with zero attached hydrogens (tertiary/aromatic N) is 1. The molecular formula is C12H16N2O3. The van der Waals surface area contributed by atoms with E-state index >= 15 is 0 Å². The maximum absolute atomic E-state index is 11.8. The molecule has 1 amide bonds. The van der Waals surface area contributed by atoms with E-state index < -0.39 is 4.92 Å². The van der Waals surface area contributed by atoms with Gasteiger partial charge in [-0.15, -0.1) is 0 Å². The standard InChI is InChI=1S/C12H16N2O3/c1-8(2)9(3)13-12(15)10-5-4-6-11(7-10)14(16)17/h4-9H,1-3H3,(H,13,15)/t9-/m1/s1. The van der Waals surface area contributed by atoms with Crippen LogP contribution in [0.5, 0.6) is 0 Å². The summed E-state index contributed by atoms with van der Waals surface area (Å²) in [4.78, 5) is 21.9. The molecule has 0 saturated carbocycles. The molecule has 0 fully saturated rings. The van der Waals surface area contributed by atoms with Crippen molar-refractivity contribution in [3.8, 4) is 0 Å². The van der Waals surface area contributed by atoms with Crippen molar-refractivity contribution in [3.05, 3.63) is 39.9 Å². The summed E-state index contributed by atoms with van der Waals surface area (Å²) in [6.07, 6.45) is 0. The number of amides is 1. The third-order valence-corrected chi connectivity index (χ3v) is 2.68. The molecule has 0 unspecified atom stereocenters. The molecule has 0 spiro atoms. The highest BCUT2D eigenvalue weighted by atomic mass is 16.6. The maximum Gasteiger partial charge on any atom is 0.270 e. The van der Waals surface area contributed by atoms with E-state index in [-0.39, 0.29) is 17.6 Å². The van der Waals surface area contributed by atoms with Crippen LogP contribution in [0.15, 0.2) is 24.3 Å². The summed E-state index contributed by atoms with van der Waals surface area (Å²) in [6, 6.07) is 5.75. The molecule has 1 atom stereocenters. The van der Waals surface area contributed by atoms with E-state index in [0.29, 0.717) is 11.5 Å². The van der Waals surface area contributed by atoms with Crippen molar-refractivity contribution in [3.63, 3.8) is 0 Å². The van der Waals surface area contributed by atoms with Crippen LogP contribution < -0.4 is 5.32 Å². The number of benzene rings is 1. The first-order chi connectivity index (χ1) is 7.91. The van der Waals surface area contributed by atoms with Gasteiger partial charge in [0.2, 0.25) is 0 Å². The number of nitro groups is 1. The van der Waals surface area contributed by atoms with Gasteiger partial charge in [-0.05, 0) is 18.9 Å². The smallest absolute Gasteiger partial charge is 0.270 e. The minimum absolute atomic E-state index is 0.0294. The van der Waals surface area contributed by atoms with Crippen LogP contribution in [-0.2, 0) is 0 Å². The third-order valence-electron chi connectivity index (χ3n) is 2.68. The van der Waals surface area contributed by atoms with Crippen LogP contribution in [0.2, 0.25) is 0 Å². The van der Waals surface area contributed by atoms with Crippen molar-refractivity contribution in [2.24, 2.45) is 5.92 Å². The number of nitrogens with one attached hydrogen (secondary N) is 1. The average molecular weight is 236 g/mol. The van der Waals surface area contributed by atoms with Gasteiger partial charge >= 0.3 is 0 Å². The molecule has 1 rings (SSSR count). The number of non-ortho nitro benzene ring substituents is 1. The van der Waals surface area contributed by atoms with Crippen LogP contribution in [0, 0.1) is 16.0 Å². The maximum atomic E-state index is 11.8. The zero-order valence-electron chi connectivity index (χ0n) is 10.1. The Balaban J connectivity index is 2.82. The van der Waals surface area contributed by atoms with E-state index in [9.17, 15) is 14.9 Å². The molecule has 0 aliphatic heterocycles. The lowest BCUT2D eigenvalue weighted by Crippen LogP contribution is -2.36. The zero-order chi connectivity index (χ0) is 13.0. The first kappa shape index (κ1) is 13.2. The molecule has 0 bridgehead atoms. The molecular weight excluding hydrogens is 220 g/mol. The summed E-state index contributed by atoms with van der Waals surface area (Å²) < 4.78 is 0. The summed E-state index contributed by atoms with van der Waals surface area (Å²) in [6.45, 7) is 5.90. The monoisotopic (exact) mass is 236 g/mol. The van der Waals surface area contributed by atoms with Crippen LogP contribution in [0.4, 0.5) is 5.69 Å². The van der Waals surface area contributed by atoms with Crippen molar-refractivity contribution in [1.82, 2.24) is 5.32 Å². The van der Waals surface area contributed by atoms with Crippen molar-refractivity contribution in [1.29, 1.82) is 0 Å². The van der Waals surface area contributed by atoms with Gasteiger partial charge in [-0.1, -0.05) is 19.9 Å². The number of carbonyl (C=O) groups is 1. The summed E-state index contributed by atoms with van der Waals surface area (Å²) in [5.74, 6) is 0.0348. The van der Waals surface area contributed by atoms with Crippen LogP contribution >= 0.6 is 0 Å². The Bertz CT molecular complexity index is 430. The van der Waals surface area contributed by atoms with Crippen molar-refractivity contribution in [2.75, 3.05) is 0 Å². The summed E-state index contributed by atoms with van der Waals surface area (Å²) in [5, 5.41) is 13.4. The van der Waals surface area contributed by atoms with Crippen molar-refractivity contribution in [2.45, 2.75) is 26.8 Å². The van der Waals surface area contributed by atoms with E-state index in [4.69, 9.17) is 0 Å². The van der Waals surface area contributed by atoms with Crippen molar-refractivity contribution < 1.29 is 9.72 Å². The summed E-state index contributed by atoms with van der Waals surface area (Å²) in [7, 11) is 0. The lowest BCUT2D eigenvalue weighted by Gasteiger charge is -2.17. The summed E-state index contributed by atoms with van der Waals surface area (Å²) in [5.41, 5.74) is 0.238. The molecule has 0 aliphatic carbocycles. The molecule has 0 saturated heterocycles. The fourth-order valence-corrected chi connectivity index (χ4v) is 1.22. The molecule has 5 nitrogen and oxygen atoms in total. The van der Waals surface area contributed by atoms with Crippen LogP contribution in [0.3, 0.4) is 0 Å². The van der Waals surface area contributed by atoms with Gasteiger partial charge in [0, 0.05) is 23.7 Å². The first-order valence-corrected chi connectivity index (χ1v) is 5.47. The van der Waals surface area contributed by atoms with Gasteiger partial charge in [0.05, 0.1) is 4.92 Å². The molecule has 92 valence electrons. The molecule has 0 heterocycles. The van der Waals surface area contributed by atoms with Crippen molar-refractivity contribution >= 4 is 11.6 Å². The highest BCUT2D eigenvalue weighted by Gasteiger charge is 2.14. The third kappa shape index (κ3) is 3.55. The van der Waals surface area contributed by atoms with Gasteiger partial charge in [0.15, 0.2) is 0 Å². The van der Waals surface area contributed by atoms with E-state index in [1.165, 1.54) is 18.2 Å². The van der Waals surface area contributed by atoms with Crippen LogP contribution in [-0.4, -0.2) is 16.9 Å². The second kappa shape index (κ2) is 5.43. The van der Waals surface area contributed by atoms with E-state index in [2.05, 4.69) is 5.32 Å². The fourth-order valence-electron chi connectivity index (χ4n) is 1.22. The SMILES string of the molecule is CC(C)[C@@H](C)NC(=O)c1cccc([N+](=O)[O-])c1. The Labute approximate surface area is 100.0 Å². The average Bonchev–Trinajstić information content (AvgIpc) is 2.28. The van der Waals surface area contributed by atoms with E-state index in [1.807, 2.05) is 20.8 Å². The predicted octanol–water partition coefficient (Wildman–Crippen LogP) is 2.37. The second-order valence-corrected chi connectivity index (χ2v) is 4.31. The predicted molar refractivity (Wildman–Crippen MR) is 64.9 cm³/mol. The molecule has 17 heavy (non-hydrogen) atoms. The van der Waals surface area contributed by atoms with Crippen LogP contribution in [0.25, 0.3) is 0 Å². The number of carbonyl (C=O) groups excluding carboxylic acids is 1. The van der Waals surface area contributed by atoms with Gasteiger partial charge in [-0.3, -0.25) is 14.9 Å². The Morgan fingerprint density at radius 3 is 2.53 bits per heavy atom. The quantitative estimate of drug-likeness (QED) is 0.644. The Morgan fingerprint density at radius 2 is 2.00 bits per heavy atom. The largest absolute Gasteiger partial charge is 0.349 e. The zero-order valence-corrected chi connectivity index (χ0v) is 10.1. The highest BCUT2D eigenvalue weighted by molar-refractivity contribution is 5.94. The lowest BCUT2D eigenvalue weighted by molar-refractivity contribution is -0.384. The topological polar surface area (TPSA) is 72.2 Å². The molecule has 0 aromatic heterocycles. The minimum Gasteiger partial charge on any atom is -0.349 e. The van der Waals surface area contributed by atoms with Gasteiger partial charge < -0.3 is 5.32 Å². The summed E-state index contributed by atoms with van der Waals surface area (Å²) >= 11 is 0. The number of rotatable bonds is 4.